The van der Waals surface area contributed by atoms with Gasteiger partial charge in [0.05, 0.1) is 5.69 Å². The summed E-state index contributed by atoms with van der Waals surface area (Å²) in [5, 5.41) is 6.90. The Morgan fingerprint density at radius 1 is 1.03 bits per heavy atom. The molecule has 1 saturated heterocycles. The highest BCUT2D eigenvalue weighted by Gasteiger charge is 2.17. The summed E-state index contributed by atoms with van der Waals surface area (Å²) in [6.45, 7) is 10.4. The van der Waals surface area contributed by atoms with Crippen molar-refractivity contribution < 1.29 is 0 Å². The first-order chi connectivity index (χ1) is 14.3. The quantitative estimate of drug-likeness (QED) is 0.674. The van der Waals surface area contributed by atoms with Crippen molar-refractivity contribution in [1.82, 2.24) is 25.1 Å². The molecular formula is C23H32N6. The SMILES string of the molecule is CCCCNc1ncnc2c1CN(Cc1ccc(CN3CCNCC3)cc1)C=C2. The molecule has 1 fully saturated rings. The zero-order valence-electron chi connectivity index (χ0n) is 17.4. The Kier molecular flexibility index (Phi) is 6.75. The van der Waals surface area contributed by atoms with Gasteiger partial charge in [-0.2, -0.15) is 0 Å². The fourth-order valence-corrected chi connectivity index (χ4v) is 3.91. The van der Waals surface area contributed by atoms with Gasteiger partial charge >= 0.3 is 0 Å². The van der Waals surface area contributed by atoms with Crippen LogP contribution in [-0.2, 0) is 19.6 Å². The van der Waals surface area contributed by atoms with Crippen LogP contribution in [0.1, 0.15) is 42.1 Å². The molecule has 0 atom stereocenters. The van der Waals surface area contributed by atoms with Crippen LogP contribution in [0.3, 0.4) is 0 Å². The monoisotopic (exact) mass is 392 g/mol. The van der Waals surface area contributed by atoms with Crippen molar-refractivity contribution in [2.24, 2.45) is 0 Å². The summed E-state index contributed by atoms with van der Waals surface area (Å²) in [5.41, 5.74) is 4.95. The number of unbranched alkanes of at least 4 members (excludes halogenated alkanes) is 1. The molecule has 2 aromatic rings. The average Bonchev–Trinajstić information content (AvgIpc) is 2.76. The Morgan fingerprint density at radius 2 is 1.79 bits per heavy atom. The van der Waals surface area contributed by atoms with Crippen LogP contribution in [0.2, 0.25) is 0 Å². The summed E-state index contributed by atoms with van der Waals surface area (Å²) < 4.78 is 0. The molecular weight excluding hydrogens is 360 g/mol. The van der Waals surface area contributed by atoms with Crippen molar-refractivity contribution in [3.63, 3.8) is 0 Å². The van der Waals surface area contributed by atoms with Gasteiger partial charge < -0.3 is 15.5 Å². The van der Waals surface area contributed by atoms with Crippen LogP contribution in [0.4, 0.5) is 5.82 Å². The summed E-state index contributed by atoms with van der Waals surface area (Å²) in [4.78, 5) is 13.8. The Bertz CT molecular complexity index is 811. The lowest BCUT2D eigenvalue weighted by atomic mass is 10.1. The van der Waals surface area contributed by atoms with E-state index in [1.54, 1.807) is 6.33 Å². The number of rotatable bonds is 8. The van der Waals surface area contributed by atoms with E-state index in [2.05, 4.69) is 73.9 Å². The number of fused-ring (bicyclic) bond motifs is 1. The maximum absolute atomic E-state index is 4.48. The summed E-state index contributed by atoms with van der Waals surface area (Å²) in [7, 11) is 0. The fourth-order valence-electron chi connectivity index (χ4n) is 3.91. The van der Waals surface area contributed by atoms with Gasteiger partial charge in [-0.1, -0.05) is 37.6 Å². The fraction of sp³-hybridized carbons (Fsp3) is 0.478. The second kappa shape index (κ2) is 9.85. The van der Waals surface area contributed by atoms with Gasteiger partial charge in [0, 0.05) is 64.1 Å². The smallest absolute Gasteiger partial charge is 0.135 e. The van der Waals surface area contributed by atoms with E-state index in [0.29, 0.717) is 0 Å². The number of hydrogen-bond donors (Lipinski definition) is 2. The van der Waals surface area contributed by atoms with Crippen LogP contribution in [-0.4, -0.2) is 52.5 Å². The number of nitrogens with zero attached hydrogens (tertiary/aromatic N) is 4. The molecule has 0 radical (unpaired) electrons. The Morgan fingerprint density at radius 3 is 2.55 bits per heavy atom. The van der Waals surface area contributed by atoms with Crippen LogP contribution >= 0.6 is 0 Å². The molecule has 1 aromatic carbocycles. The molecule has 4 rings (SSSR count). The van der Waals surface area contributed by atoms with Crippen LogP contribution in [0, 0.1) is 0 Å². The molecule has 2 aliphatic heterocycles. The summed E-state index contributed by atoms with van der Waals surface area (Å²) in [6, 6.07) is 9.09. The van der Waals surface area contributed by atoms with Crippen molar-refractivity contribution in [3.05, 3.63) is 59.2 Å². The van der Waals surface area contributed by atoms with E-state index in [0.717, 1.165) is 70.3 Å². The molecule has 154 valence electrons. The van der Waals surface area contributed by atoms with Gasteiger partial charge in [-0.15, -0.1) is 0 Å². The molecule has 3 heterocycles. The van der Waals surface area contributed by atoms with Crippen LogP contribution < -0.4 is 10.6 Å². The van der Waals surface area contributed by atoms with Crippen LogP contribution in [0.25, 0.3) is 6.08 Å². The van der Waals surface area contributed by atoms with Crippen molar-refractivity contribution >= 4 is 11.9 Å². The van der Waals surface area contributed by atoms with Gasteiger partial charge in [0.2, 0.25) is 0 Å². The standard InChI is InChI=1S/C23H32N6/c1-2-3-9-25-23-21-17-29(12-8-22(21)26-18-27-23)16-20-6-4-19(5-7-20)15-28-13-10-24-11-14-28/h4-8,12,18,24H,2-3,9-11,13-17H2,1H3,(H,25,26,27). The lowest BCUT2D eigenvalue weighted by Crippen LogP contribution is -2.42. The van der Waals surface area contributed by atoms with Gasteiger partial charge in [-0.25, -0.2) is 9.97 Å². The first kappa shape index (κ1) is 19.9. The minimum atomic E-state index is 0.837. The zero-order chi connectivity index (χ0) is 19.9. The van der Waals surface area contributed by atoms with Crippen LogP contribution in [0.5, 0.6) is 0 Å². The maximum Gasteiger partial charge on any atom is 0.135 e. The highest BCUT2D eigenvalue weighted by Crippen LogP contribution is 2.25. The predicted octanol–water partition coefficient (Wildman–Crippen LogP) is 3.08. The lowest BCUT2D eigenvalue weighted by molar-refractivity contribution is 0.233. The van der Waals surface area contributed by atoms with Gasteiger partial charge in [0.1, 0.15) is 12.1 Å². The summed E-state index contributed by atoms with van der Waals surface area (Å²) in [6.07, 6.45) is 8.24. The topological polar surface area (TPSA) is 56.3 Å². The van der Waals surface area contributed by atoms with E-state index in [4.69, 9.17) is 0 Å². The molecule has 6 heteroatoms. The van der Waals surface area contributed by atoms with Crippen LogP contribution in [0.15, 0.2) is 36.8 Å². The third-order valence-corrected chi connectivity index (χ3v) is 5.63. The van der Waals surface area contributed by atoms with E-state index in [9.17, 15) is 0 Å². The van der Waals surface area contributed by atoms with Gasteiger partial charge in [-0.3, -0.25) is 4.90 Å². The normalized spacial score (nSPS) is 16.7. The molecule has 0 aliphatic carbocycles. The molecule has 29 heavy (non-hydrogen) atoms. The van der Waals surface area contributed by atoms with Gasteiger partial charge in [0.15, 0.2) is 0 Å². The first-order valence-electron chi connectivity index (χ1n) is 10.8. The van der Waals surface area contributed by atoms with Crippen molar-refractivity contribution in [2.45, 2.75) is 39.4 Å². The Balaban J connectivity index is 1.36. The minimum Gasteiger partial charge on any atom is -0.370 e. The minimum absolute atomic E-state index is 0.837. The van der Waals surface area contributed by atoms with E-state index in [1.807, 2.05) is 0 Å². The number of benzene rings is 1. The number of piperazine rings is 1. The third-order valence-electron chi connectivity index (χ3n) is 5.63. The molecule has 6 nitrogen and oxygen atoms in total. The van der Waals surface area contributed by atoms with Crippen molar-refractivity contribution in [1.29, 1.82) is 0 Å². The first-order valence-corrected chi connectivity index (χ1v) is 10.8. The third kappa shape index (κ3) is 5.34. The number of aromatic nitrogens is 2. The molecule has 0 saturated carbocycles. The second-order valence-corrected chi connectivity index (χ2v) is 7.93. The molecule has 0 bridgehead atoms. The highest BCUT2D eigenvalue weighted by molar-refractivity contribution is 5.59. The Labute approximate surface area is 174 Å². The van der Waals surface area contributed by atoms with E-state index in [1.165, 1.54) is 23.1 Å². The molecule has 2 N–H and O–H groups in total. The molecule has 1 aromatic heterocycles. The van der Waals surface area contributed by atoms with Gasteiger partial charge in [-0.05, 0) is 23.6 Å². The largest absolute Gasteiger partial charge is 0.370 e. The Hall–Kier alpha value is -2.44. The lowest BCUT2D eigenvalue weighted by Gasteiger charge is -2.27. The molecule has 0 spiro atoms. The number of hydrogen-bond acceptors (Lipinski definition) is 6. The van der Waals surface area contributed by atoms with Gasteiger partial charge in [0.25, 0.3) is 0 Å². The summed E-state index contributed by atoms with van der Waals surface area (Å²) >= 11 is 0. The zero-order valence-corrected chi connectivity index (χ0v) is 17.4. The highest BCUT2D eigenvalue weighted by atomic mass is 15.2. The molecule has 0 amide bonds. The van der Waals surface area contributed by atoms with Crippen molar-refractivity contribution in [2.75, 3.05) is 38.0 Å². The number of anilines is 1. The van der Waals surface area contributed by atoms with E-state index in [-0.39, 0.29) is 0 Å². The molecule has 0 unspecified atom stereocenters. The maximum atomic E-state index is 4.48. The van der Waals surface area contributed by atoms with Crippen molar-refractivity contribution in [3.8, 4) is 0 Å². The average molecular weight is 393 g/mol. The molecule has 2 aliphatic rings. The van der Waals surface area contributed by atoms with E-state index < -0.39 is 0 Å². The van der Waals surface area contributed by atoms with E-state index >= 15 is 0 Å². The summed E-state index contributed by atoms with van der Waals surface area (Å²) in [5.74, 6) is 0.976. The predicted molar refractivity (Wildman–Crippen MR) is 118 cm³/mol. The number of nitrogens with one attached hydrogen (secondary N) is 2. The second-order valence-electron chi connectivity index (χ2n) is 7.93.